The van der Waals surface area contributed by atoms with Crippen molar-refractivity contribution in [2.75, 3.05) is 18.0 Å². The van der Waals surface area contributed by atoms with Crippen molar-refractivity contribution in [3.63, 3.8) is 0 Å². The Labute approximate surface area is 110 Å². The molecule has 1 saturated carbocycles. The van der Waals surface area contributed by atoms with Crippen molar-refractivity contribution in [2.45, 2.75) is 50.5 Å². The van der Waals surface area contributed by atoms with Crippen LogP contribution in [0.15, 0.2) is 24.3 Å². The number of nitrogens with zero attached hydrogens (tertiary/aromatic N) is 1. The van der Waals surface area contributed by atoms with Gasteiger partial charge in [-0.25, -0.2) is 0 Å². The Morgan fingerprint density at radius 1 is 1.06 bits per heavy atom. The van der Waals surface area contributed by atoms with Crippen molar-refractivity contribution in [2.24, 2.45) is 0 Å². The van der Waals surface area contributed by atoms with Gasteiger partial charge >= 0.3 is 0 Å². The normalized spacial score (nSPS) is 22.6. The van der Waals surface area contributed by atoms with Crippen LogP contribution in [0.3, 0.4) is 0 Å². The highest BCUT2D eigenvalue weighted by atomic mass is 16.3. The molecule has 1 fully saturated rings. The molecule has 0 atom stereocenters. The summed E-state index contributed by atoms with van der Waals surface area (Å²) in [5, 5.41) is 10.7. The molecule has 1 aromatic carbocycles. The molecule has 0 bridgehead atoms. The van der Waals surface area contributed by atoms with Crippen molar-refractivity contribution in [1.29, 1.82) is 0 Å². The Balaban J connectivity index is 1.77. The van der Waals surface area contributed by atoms with Crippen LogP contribution < -0.4 is 4.90 Å². The molecule has 1 aromatic rings. The fourth-order valence-corrected chi connectivity index (χ4v) is 3.50. The average molecular weight is 245 g/mol. The van der Waals surface area contributed by atoms with E-state index in [0.29, 0.717) is 0 Å². The molecule has 1 heterocycles. The first-order chi connectivity index (χ1) is 8.77. The Bertz CT molecular complexity index is 409. The quantitative estimate of drug-likeness (QED) is 0.865. The van der Waals surface area contributed by atoms with Crippen LogP contribution in [0.25, 0.3) is 0 Å². The maximum absolute atomic E-state index is 10.7. The molecule has 2 heteroatoms. The first-order valence-corrected chi connectivity index (χ1v) is 7.32. The number of para-hydroxylation sites is 1. The zero-order chi connectivity index (χ0) is 12.4. The standard InChI is InChI=1S/C16H23NO/c18-16(10-4-1-5-11-16)13-17-12-6-8-14-7-2-3-9-15(14)17/h2-3,7,9,18H,1,4-6,8,10-13H2. The molecule has 18 heavy (non-hydrogen) atoms. The van der Waals surface area contributed by atoms with E-state index in [0.717, 1.165) is 25.9 Å². The van der Waals surface area contributed by atoms with Gasteiger partial charge in [-0.3, -0.25) is 0 Å². The molecular formula is C16H23NO. The van der Waals surface area contributed by atoms with Crippen molar-refractivity contribution < 1.29 is 5.11 Å². The molecule has 0 saturated heterocycles. The molecule has 1 N–H and O–H groups in total. The highest BCUT2D eigenvalue weighted by Gasteiger charge is 2.32. The fraction of sp³-hybridized carbons (Fsp3) is 0.625. The van der Waals surface area contributed by atoms with E-state index in [1.807, 2.05) is 0 Å². The minimum atomic E-state index is -0.442. The summed E-state index contributed by atoms with van der Waals surface area (Å²) in [6.45, 7) is 1.92. The van der Waals surface area contributed by atoms with Gasteiger partial charge in [-0.2, -0.15) is 0 Å². The number of aryl methyl sites for hydroxylation is 1. The molecule has 0 unspecified atom stereocenters. The van der Waals surface area contributed by atoms with Gasteiger partial charge in [0, 0.05) is 18.8 Å². The van der Waals surface area contributed by atoms with E-state index in [1.165, 1.54) is 43.4 Å². The summed E-state index contributed by atoms with van der Waals surface area (Å²) in [4.78, 5) is 2.41. The minimum Gasteiger partial charge on any atom is -0.388 e. The van der Waals surface area contributed by atoms with Gasteiger partial charge in [0.05, 0.1) is 5.60 Å². The fourth-order valence-electron chi connectivity index (χ4n) is 3.50. The Morgan fingerprint density at radius 2 is 1.83 bits per heavy atom. The summed E-state index contributed by atoms with van der Waals surface area (Å²) in [7, 11) is 0. The predicted octanol–water partition coefficient (Wildman–Crippen LogP) is 3.13. The van der Waals surface area contributed by atoms with E-state index in [1.54, 1.807) is 0 Å². The number of fused-ring (bicyclic) bond motifs is 1. The third-order valence-corrected chi connectivity index (χ3v) is 4.48. The second-order valence-electron chi connectivity index (χ2n) is 5.94. The van der Waals surface area contributed by atoms with Crippen molar-refractivity contribution in [1.82, 2.24) is 0 Å². The Hall–Kier alpha value is -1.02. The first-order valence-electron chi connectivity index (χ1n) is 7.32. The number of rotatable bonds is 2. The van der Waals surface area contributed by atoms with Crippen molar-refractivity contribution in [3.8, 4) is 0 Å². The van der Waals surface area contributed by atoms with Gasteiger partial charge in [0.2, 0.25) is 0 Å². The van der Waals surface area contributed by atoms with Crippen LogP contribution in [0, 0.1) is 0 Å². The lowest BCUT2D eigenvalue weighted by Gasteiger charge is -2.40. The number of benzene rings is 1. The van der Waals surface area contributed by atoms with E-state index in [4.69, 9.17) is 0 Å². The van der Waals surface area contributed by atoms with Crippen LogP contribution in [-0.4, -0.2) is 23.8 Å². The summed E-state index contributed by atoms with van der Waals surface area (Å²) in [6, 6.07) is 8.67. The molecule has 0 amide bonds. The molecule has 2 aliphatic rings. The molecular weight excluding hydrogens is 222 g/mol. The topological polar surface area (TPSA) is 23.5 Å². The predicted molar refractivity (Wildman–Crippen MR) is 75.0 cm³/mol. The summed E-state index contributed by atoms with van der Waals surface area (Å²) in [5.41, 5.74) is 2.36. The second-order valence-corrected chi connectivity index (χ2v) is 5.94. The van der Waals surface area contributed by atoms with Crippen LogP contribution in [0.2, 0.25) is 0 Å². The lowest BCUT2D eigenvalue weighted by Crippen LogP contribution is -2.46. The van der Waals surface area contributed by atoms with Gasteiger partial charge in [-0.05, 0) is 37.3 Å². The maximum atomic E-state index is 10.7. The SMILES string of the molecule is OC1(CN2CCCc3ccccc32)CCCCC1. The monoisotopic (exact) mass is 245 g/mol. The zero-order valence-electron chi connectivity index (χ0n) is 11.1. The molecule has 2 nitrogen and oxygen atoms in total. The lowest BCUT2D eigenvalue weighted by atomic mass is 9.84. The molecule has 1 aliphatic carbocycles. The number of aliphatic hydroxyl groups is 1. The molecule has 3 rings (SSSR count). The number of anilines is 1. The van der Waals surface area contributed by atoms with E-state index in [9.17, 15) is 5.11 Å². The van der Waals surface area contributed by atoms with Crippen LogP contribution in [0.1, 0.15) is 44.1 Å². The van der Waals surface area contributed by atoms with Gasteiger partial charge in [-0.15, -0.1) is 0 Å². The third kappa shape index (κ3) is 2.39. The Morgan fingerprint density at radius 3 is 2.67 bits per heavy atom. The highest BCUT2D eigenvalue weighted by molar-refractivity contribution is 5.55. The van der Waals surface area contributed by atoms with E-state index in [-0.39, 0.29) is 0 Å². The van der Waals surface area contributed by atoms with Crippen LogP contribution in [0.5, 0.6) is 0 Å². The summed E-state index contributed by atoms with van der Waals surface area (Å²) >= 11 is 0. The third-order valence-electron chi connectivity index (χ3n) is 4.48. The molecule has 0 spiro atoms. The summed E-state index contributed by atoms with van der Waals surface area (Å²) in [6.07, 6.45) is 8.02. The van der Waals surface area contributed by atoms with Crippen molar-refractivity contribution >= 4 is 5.69 Å². The molecule has 0 aromatic heterocycles. The highest BCUT2D eigenvalue weighted by Crippen LogP contribution is 2.33. The van der Waals surface area contributed by atoms with Gasteiger partial charge in [-0.1, -0.05) is 37.5 Å². The summed E-state index contributed by atoms with van der Waals surface area (Å²) < 4.78 is 0. The van der Waals surface area contributed by atoms with Gasteiger partial charge < -0.3 is 10.0 Å². The maximum Gasteiger partial charge on any atom is 0.0821 e. The largest absolute Gasteiger partial charge is 0.388 e. The van der Waals surface area contributed by atoms with Gasteiger partial charge in [0.15, 0.2) is 0 Å². The number of hydrogen-bond acceptors (Lipinski definition) is 2. The van der Waals surface area contributed by atoms with Crippen molar-refractivity contribution in [3.05, 3.63) is 29.8 Å². The Kier molecular flexibility index (Phi) is 3.29. The summed E-state index contributed by atoms with van der Waals surface area (Å²) in [5.74, 6) is 0. The van der Waals surface area contributed by atoms with Crippen LogP contribution >= 0.6 is 0 Å². The number of hydrogen-bond donors (Lipinski definition) is 1. The van der Waals surface area contributed by atoms with E-state index in [2.05, 4.69) is 29.2 Å². The smallest absolute Gasteiger partial charge is 0.0821 e. The minimum absolute atomic E-state index is 0.442. The molecule has 0 radical (unpaired) electrons. The number of β-amino-alcohol motifs (C(OH)–C–C–N with tert-alkyl or cyclic N) is 1. The van der Waals surface area contributed by atoms with Crippen LogP contribution in [0.4, 0.5) is 5.69 Å². The van der Waals surface area contributed by atoms with Gasteiger partial charge in [0.1, 0.15) is 0 Å². The lowest BCUT2D eigenvalue weighted by molar-refractivity contribution is 0.0108. The second kappa shape index (κ2) is 4.93. The molecule has 1 aliphatic heterocycles. The van der Waals surface area contributed by atoms with E-state index >= 15 is 0 Å². The van der Waals surface area contributed by atoms with Gasteiger partial charge in [0.25, 0.3) is 0 Å². The molecule has 98 valence electrons. The first kappa shape index (κ1) is 12.0. The average Bonchev–Trinajstić information content (AvgIpc) is 2.40. The van der Waals surface area contributed by atoms with Crippen LogP contribution in [-0.2, 0) is 6.42 Å². The zero-order valence-corrected chi connectivity index (χ0v) is 11.1. The van der Waals surface area contributed by atoms with E-state index < -0.39 is 5.60 Å².